The number of carbonyl (C=O) groups is 1. The van der Waals surface area contributed by atoms with E-state index in [1.54, 1.807) is 24.3 Å². The fourth-order valence-electron chi connectivity index (χ4n) is 3.48. The van der Waals surface area contributed by atoms with Crippen molar-refractivity contribution in [2.45, 2.75) is 19.8 Å². The number of aromatic nitrogens is 2. The van der Waals surface area contributed by atoms with Crippen LogP contribution < -0.4 is 15.5 Å². The second-order valence-electron chi connectivity index (χ2n) is 7.46. The lowest BCUT2D eigenvalue weighted by Crippen LogP contribution is -2.19. The molecular weight excluding hydrogens is 432 g/mol. The van der Waals surface area contributed by atoms with Crippen LogP contribution >= 0.6 is 11.6 Å². The monoisotopic (exact) mass is 452 g/mol. The van der Waals surface area contributed by atoms with Crippen molar-refractivity contribution in [2.75, 3.05) is 28.6 Å². The van der Waals surface area contributed by atoms with Gasteiger partial charge in [0, 0.05) is 48.4 Å². The van der Waals surface area contributed by atoms with E-state index in [-0.39, 0.29) is 16.3 Å². The summed E-state index contributed by atoms with van der Waals surface area (Å²) in [5.41, 5.74) is 2.19. The molecule has 0 saturated carbocycles. The summed E-state index contributed by atoms with van der Waals surface area (Å²) < 4.78 is 0. The molecule has 0 aliphatic carbocycles. The highest BCUT2D eigenvalue weighted by atomic mass is 35.5. The maximum absolute atomic E-state index is 12.5. The van der Waals surface area contributed by atoms with Gasteiger partial charge in [0.25, 0.3) is 11.6 Å². The van der Waals surface area contributed by atoms with Crippen LogP contribution in [0.4, 0.5) is 28.8 Å². The molecule has 1 amide bonds. The van der Waals surface area contributed by atoms with Crippen molar-refractivity contribution in [1.29, 1.82) is 0 Å². The highest BCUT2D eigenvalue weighted by Gasteiger charge is 2.16. The van der Waals surface area contributed by atoms with Gasteiger partial charge in [-0.2, -0.15) is 4.98 Å². The Balaban J connectivity index is 1.43. The van der Waals surface area contributed by atoms with Crippen LogP contribution in [0.5, 0.6) is 0 Å². The first-order chi connectivity index (χ1) is 15.4. The smallest absolute Gasteiger partial charge is 0.270 e. The van der Waals surface area contributed by atoms with Gasteiger partial charge < -0.3 is 15.5 Å². The summed E-state index contributed by atoms with van der Waals surface area (Å²) in [4.78, 5) is 34.1. The van der Waals surface area contributed by atoms with E-state index in [1.807, 2.05) is 13.0 Å². The predicted octanol–water partition coefficient (Wildman–Crippen LogP) is 4.94. The molecule has 2 heterocycles. The average molecular weight is 453 g/mol. The molecule has 2 aromatic carbocycles. The van der Waals surface area contributed by atoms with Crippen LogP contribution in [0.15, 0.2) is 48.5 Å². The first-order valence-electron chi connectivity index (χ1n) is 10.1. The van der Waals surface area contributed by atoms with Crippen molar-refractivity contribution in [1.82, 2.24) is 9.97 Å². The van der Waals surface area contributed by atoms with Crippen LogP contribution in [0.25, 0.3) is 0 Å². The Morgan fingerprint density at radius 3 is 2.41 bits per heavy atom. The van der Waals surface area contributed by atoms with Gasteiger partial charge in [0.1, 0.15) is 5.82 Å². The van der Waals surface area contributed by atoms with Crippen LogP contribution in [0, 0.1) is 17.0 Å². The van der Waals surface area contributed by atoms with Crippen LogP contribution in [-0.2, 0) is 0 Å². The van der Waals surface area contributed by atoms with Crippen molar-refractivity contribution in [3.63, 3.8) is 0 Å². The van der Waals surface area contributed by atoms with E-state index in [0.717, 1.165) is 36.4 Å². The second-order valence-corrected chi connectivity index (χ2v) is 7.87. The zero-order valence-corrected chi connectivity index (χ0v) is 18.1. The van der Waals surface area contributed by atoms with Crippen molar-refractivity contribution in [3.8, 4) is 0 Å². The number of hydrogen-bond donors (Lipinski definition) is 2. The van der Waals surface area contributed by atoms with E-state index in [0.29, 0.717) is 11.6 Å². The molecule has 1 saturated heterocycles. The Hall–Kier alpha value is -3.72. The fraction of sp³-hybridized carbons (Fsp3) is 0.227. The van der Waals surface area contributed by atoms with E-state index in [4.69, 9.17) is 11.6 Å². The summed E-state index contributed by atoms with van der Waals surface area (Å²) in [7, 11) is 0. The van der Waals surface area contributed by atoms with Gasteiger partial charge in [0.15, 0.2) is 0 Å². The quantitative estimate of drug-likeness (QED) is 0.402. The fourth-order valence-corrected chi connectivity index (χ4v) is 3.74. The number of amides is 1. The number of nitro benzene ring substituents is 1. The molecule has 1 aromatic heterocycles. The standard InChI is InChI=1S/C22H21ClN6O3/c1-14-12-20(28-10-2-3-11-28)27-22(24-14)26-16-6-4-15(5-7-16)25-21(30)18-9-8-17(29(31)32)13-19(18)23/h4-9,12-13H,2-3,10-11H2,1H3,(H,25,30)(H,24,26,27). The van der Waals surface area contributed by atoms with Gasteiger partial charge in [0.05, 0.1) is 15.5 Å². The van der Waals surface area contributed by atoms with Gasteiger partial charge in [-0.1, -0.05) is 11.6 Å². The van der Waals surface area contributed by atoms with E-state index in [1.165, 1.54) is 25.0 Å². The van der Waals surface area contributed by atoms with Gasteiger partial charge in [0.2, 0.25) is 5.95 Å². The average Bonchev–Trinajstić information content (AvgIpc) is 3.29. The topological polar surface area (TPSA) is 113 Å². The summed E-state index contributed by atoms with van der Waals surface area (Å²) >= 11 is 6.03. The molecule has 0 radical (unpaired) electrons. The number of nitro groups is 1. The van der Waals surface area contributed by atoms with Crippen LogP contribution in [-0.4, -0.2) is 33.9 Å². The van der Waals surface area contributed by atoms with Crippen LogP contribution in [0.3, 0.4) is 0 Å². The predicted molar refractivity (Wildman–Crippen MR) is 124 cm³/mol. The SMILES string of the molecule is Cc1cc(N2CCCC2)nc(Nc2ccc(NC(=O)c3ccc([N+](=O)[O-])cc3Cl)cc2)n1. The first kappa shape index (κ1) is 21.5. The molecule has 1 aliphatic heterocycles. The van der Waals surface area contributed by atoms with Crippen LogP contribution in [0.2, 0.25) is 5.02 Å². The van der Waals surface area contributed by atoms with Gasteiger partial charge in [-0.3, -0.25) is 14.9 Å². The van der Waals surface area contributed by atoms with Crippen molar-refractivity contribution >= 4 is 46.3 Å². The molecule has 32 heavy (non-hydrogen) atoms. The molecule has 1 aliphatic rings. The maximum atomic E-state index is 12.5. The lowest BCUT2D eigenvalue weighted by molar-refractivity contribution is -0.384. The molecule has 3 aromatic rings. The number of rotatable bonds is 6. The van der Waals surface area contributed by atoms with Gasteiger partial charge >= 0.3 is 0 Å². The molecule has 0 atom stereocenters. The summed E-state index contributed by atoms with van der Waals surface area (Å²) in [6.07, 6.45) is 2.34. The lowest BCUT2D eigenvalue weighted by atomic mass is 10.2. The van der Waals surface area contributed by atoms with Crippen molar-refractivity contribution in [2.24, 2.45) is 0 Å². The zero-order valence-electron chi connectivity index (χ0n) is 17.3. The molecule has 2 N–H and O–H groups in total. The van der Waals surface area contributed by atoms with Crippen LogP contribution in [0.1, 0.15) is 28.9 Å². The minimum absolute atomic E-state index is 0.0142. The van der Waals surface area contributed by atoms with Gasteiger partial charge in [-0.15, -0.1) is 0 Å². The first-order valence-corrected chi connectivity index (χ1v) is 10.5. The Bertz CT molecular complexity index is 1160. The van der Waals surface area contributed by atoms with E-state index >= 15 is 0 Å². The third-order valence-electron chi connectivity index (χ3n) is 5.08. The number of hydrogen-bond acceptors (Lipinski definition) is 7. The summed E-state index contributed by atoms with van der Waals surface area (Å²) in [6, 6.07) is 12.8. The van der Waals surface area contributed by atoms with E-state index < -0.39 is 10.8 Å². The second kappa shape index (κ2) is 9.19. The summed E-state index contributed by atoms with van der Waals surface area (Å²) in [5, 5.41) is 16.8. The number of carbonyl (C=O) groups excluding carboxylic acids is 1. The molecule has 164 valence electrons. The summed E-state index contributed by atoms with van der Waals surface area (Å²) in [6.45, 7) is 3.94. The minimum atomic E-state index is -0.564. The number of anilines is 4. The van der Waals surface area contributed by atoms with E-state index in [2.05, 4.69) is 25.5 Å². The molecule has 0 bridgehead atoms. The molecule has 4 rings (SSSR count). The lowest BCUT2D eigenvalue weighted by Gasteiger charge is -2.17. The van der Waals surface area contributed by atoms with E-state index in [9.17, 15) is 14.9 Å². The largest absolute Gasteiger partial charge is 0.356 e. The number of aryl methyl sites for hydroxylation is 1. The number of nitrogens with one attached hydrogen (secondary N) is 2. The Labute approximate surface area is 189 Å². The molecule has 1 fully saturated rings. The third-order valence-corrected chi connectivity index (χ3v) is 5.39. The van der Waals surface area contributed by atoms with Gasteiger partial charge in [-0.25, -0.2) is 4.98 Å². The molecule has 0 unspecified atom stereocenters. The molecule has 0 spiro atoms. The normalized spacial score (nSPS) is 13.1. The van der Waals surface area contributed by atoms with Gasteiger partial charge in [-0.05, 0) is 50.1 Å². The highest BCUT2D eigenvalue weighted by Crippen LogP contribution is 2.25. The number of nitrogens with zero attached hydrogens (tertiary/aromatic N) is 4. The Kier molecular flexibility index (Phi) is 6.18. The minimum Gasteiger partial charge on any atom is -0.356 e. The molecule has 9 nitrogen and oxygen atoms in total. The highest BCUT2D eigenvalue weighted by molar-refractivity contribution is 6.34. The van der Waals surface area contributed by atoms with Crippen molar-refractivity contribution < 1.29 is 9.72 Å². The maximum Gasteiger partial charge on any atom is 0.270 e. The Morgan fingerprint density at radius 2 is 1.75 bits per heavy atom. The summed E-state index contributed by atoms with van der Waals surface area (Å²) in [5.74, 6) is 0.977. The molecule has 10 heteroatoms. The third kappa shape index (κ3) is 4.94. The number of non-ortho nitro benzene ring substituents is 1. The molecular formula is C22H21ClN6O3. The zero-order chi connectivity index (χ0) is 22.7. The number of halogens is 1. The van der Waals surface area contributed by atoms with Crippen molar-refractivity contribution in [3.05, 3.63) is 74.9 Å². The number of benzene rings is 2. The Morgan fingerprint density at radius 1 is 1.06 bits per heavy atom.